The molecule has 0 fully saturated rings. The van der Waals surface area contributed by atoms with E-state index in [1.54, 1.807) is 24.3 Å². The Morgan fingerprint density at radius 2 is 2.05 bits per heavy atom. The van der Waals surface area contributed by atoms with Gasteiger partial charge in [-0.1, -0.05) is 36.9 Å². The van der Waals surface area contributed by atoms with Crippen LogP contribution >= 0.6 is 11.8 Å². The molecule has 22 heavy (non-hydrogen) atoms. The van der Waals surface area contributed by atoms with Gasteiger partial charge in [0.15, 0.2) is 5.78 Å². The molecule has 2 aromatic heterocycles. The van der Waals surface area contributed by atoms with E-state index >= 15 is 0 Å². The summed E-state index contributed by atoms with van der Waals surface area (Å²) < 4.78 is 10.5. The van der Waals surface area contributed by atoms with Crippen molar-refractivity contribution in [2.45, 2.75) is 18.6 Å². The van der Waals surface area contributed by atoms with Gasteiger partial charge in [-0.05, 0) is 12.1 Å². The Hall–Kier alpha value is -2.41. The van der Waals surface area contributed by atoms with Crippen molar-refractivity contribution in [2.75, 3.05) is 5.75 Å². The van der Waals surface area contributed by atoms with Crippen LogP contribution in [0.3, 0.4) is 0 Å². The summed E-state index contributed by atoms with van der Waals surface area (Å²) in [6.45, 7) is 1.90. The van der Waals surface area contributed by atoms with E-state index in [1.165, 1.54) is 0 Å². The van der Waals surface area contributed by atoms with Gasteiger partial charge in [-0.3, -0.25) is 4.79 Å². The number of thioether (sulfide) groups is 1. The monoisotopic (exact) mass is 316 g/mol. The van der Waals surface area contributed by atoms with Crippen LogP contribution in [0.4, 0.5) is 0 Å². The highest BCUT2D eigenvalue weighted by Gasteiger charge is 2.15. The van der Waals surface area contributed by atoms with E-state index in [-0.39, 0.29) is 17.1 Å². The zero-order valence-electron chi connectivity index (χ0n) is 11.7. The van der Waals surface area contributed by atoms with Gasteiger partial charge in [0.05, 0.1) is 5.75 Å². The number of carbonyl (C=O) groups excluding carboxylic acids is 1. The Morgan fingerprint density at radius 3 is 2.82 bits per heavy atom. The van der Waals surface area contributed by atoms with Crippen molar-refractivity contribution in [3.05, 3.63) is 52.2 Å². The number of Topliss-reactive ketones (excluding diaryl/α,β-unsaturated/α-hetero) is 1. The average Bonchev–Trinajstić information content (AvgIpc) is 3.00. The van der Waals surface area contributed by atoms with Crippen LogP contribution in [0.1, 0.15) is 23.2 Å². The topological polar surface area (TPSA) is 86.2 Å². The van der Waals surface area contributed by atoms with Crippen LogP contribution in [-0.4, -0.2) is 21.7 Å². The third-order valence-corrected chi connectivity index (χ3v) is 3.84. The van der Waals surface area contributed by atoms with Crippen molar-refractivity contribution >= 4 is 28.5 Å². The fourth-order valence-corrected chi connectivity index (χ4v) is 2.56. The Morgan fingerprint density at radius 1 is 1.23 bits per heavy atom. The highest BCUT2D eigenvalue weighted by molar-refractivity contribution is 7.99. The van der Waals surface area contributed by atoms with Gasteiger partial charge in [0.2, 0.25) is 5.89 Å². The van der Waals surface area contributed by atoms with E-state index in [9.17, 15) is 9.59 Å². The van der Waals surface area contributed by atoms with Gasteiger partial charge >= 0.3 is 5.63 Å². The van der Waals surface area contributed by atoms with E-state index < -0.39 is 5.63 Å². The molecule has 0 amide bonds. The van der Waals surface area contributed by atoms with Crippen LogP contribution in [0, 0.1) is 0 Å². The maximum Gasteiger partial charge on any atom is 0.347 e. The van der Waals surface area contributed by atoms with Crippen molar-refractivity contribution in [3.8, 4) is 0 Å². The predicted octanol–water partition coefficient (Wildman–Crippen LogP) is 2.71. The van der Waals surface area contributed by atoms with Crippen LogP contribution in [0.5, 0.6) is 0 Å². The van der Waals surface area contributed by atoms with Crippen LogP contribution in [0.15, 0.2) is 49.2 Å². The molecule has 3 rings (SSSR count). The number of hydrogen-bond acceptors (Lipinski definition) is 7. The molecule has 112 valence electrons. The minimum atomic E-state index is -0.635. The fraction of sp³-hybridized carbons (Fsp3) is 0.200. The third kappa shape index (κ3) is 2.94. The van der Waals surface area contributed by atoms with Crippen molar-refractivity contribution in [2.24, 2.45) is 0 Å². The maximum absolute atomic E-state index is 12.2. The third-order valence-electron chi connectivity index (χ3n) is 3.02. The number of aryl methyl sites for hydroxylation is 1. The zero-order valence-corrected chi connectivity index (χ0v) is 12.6. The first-order valence-corrected chi connectivity index (χ1v) is 7.67. The summed E-state index contributed by atoms with van der Waals surface area (Å²) in [7, 11) is 0. The average molecular weight is 316 g/mol. The smallest absolute Gasteiger partial charge is 0.347 e. The Bertz CT molecular complexity index is 884. The van der Waals surface area contributed by atoms with Gasteiger partial charge in [-0.2, -0.15) is 0 Å². The molecule has 7 heteroatoms. The summed E-state index contributed by atoms with van der Waals surface area (Å²) in [6.07, 6.45) is 0.635. The zero-order chi connectivity index (χ0) is 15.5. The van der Waals surface area contributed by atoms with E-state index in [0.717, 1.165) is 11.8 Å². The van der Waals surface area contributed by atoms with Gasteiger partial charge < -0.3 is 8.83 Å². The van der Waals surface area contributed by atoms with E-state index in [4.69, 9.17) is 8.83 Å². The Balaban J connectivity index is 1.79. The van der Waals surface area contributed by atoms with Gasteiger partial charge in [-0.15, -0.1) is 10.2 Å². The highest BCUT2D eigenvalue weighted by Crippen LogP contribution is 2.19. The molecular weight excluding hydrogens is 304 g/mol. The predicted molar refractivity (Wildman–Crippen MR) is 81.2 cm³/mol. The summed E-state index contributed by atoms with van der Waals surface area (Å²) >= 11 is 1.10. The van der Waals surface area contributed by atoms with Crippen LogP contribution in [0.25, 0.3) is 11.0 Å². The number of fused-ring (bicyclic) bond motifs is 1. The highest BCUT2D eigenvalue weighted by atomic mass is 32.2. The number of carbonyl (C=O) groups is 1. The summed E-state index contributed by atoms with van der Waals surface area (Å²) in [5, 5.41) is 8.66. The molecule has 0 unspecified atom stereocenters. The fourth-order valence-electron chi connectivity index (χ4n) is 1.90. The normalized spacial score (nSPS) is 11.0. The second-order valence-corrected chi connectivity index (χ2v) is 5.44. The molecule has 1 aromatic carbocycles. The quantitative estimate of drug-likeness (QED) is 0.406. The van der Waals surface area contributed by atoms with Gasteiger partial charge in [0, 0.05) is 11.8 Å². The molecular formula is C15H12N2O4S. The van der Waals surface area contributed by atoms with Crippen LogP contribution in [0.2, 0.25) is 0 Å². The first kappa shape index (κ1) is 14.5. The molecule has 3 aromatic rings. The largest absolute Gasteiger partial charge is 0.422 e. The number of aromatic nitrogens is 2. The second-order valence-electron chi connectivity index (χ2n) is 4.51. The molecule has 2 heterocycles. The lowest BCUT2D eigenvalue weighted by molar-refractivity contribution is 0.101. The minimum Gasteiger partial charge on any atom is -0.422 e. The van der Waals surface area contributed by atoms with Crippen molar-refractivity contribution in [1.82, 2.24) is 10.2 Å². The number of para-hydroxylation sites is 1. The molecule has 0 radical (unpaired) electrons. The number of hydrogen-bond donors (Lipinski definition) is 0. The second kappa shape index (κ2) is 6.15. The van der Waals surface area contributed by atoms with Crippen molar-refractivity contribution < 1.29 is 13.6 Å². The van der Waals surface area contributed by atoms with Crippen molar-refractivity contribution in [3.63, 3.8) is 0 Å². The van der Waals surface area contributed by atoms with Crippen molar-refractivity contribution in [1.29, 1.82) is 0 Å². The number of benzene rings is 1. The van der Waals surface area contributed by atoms with Crippen LogP contribution < -0.4 is 5.63 Å². The molecule has 0 aliphatic heterocycles. The first-order chi connectivity index (χ1) is 10.7. The Kier molecular flexibility index (Phi) is 4.06. The lowest BCUT2D eigenvalue weighted by atomic mass is 10.1. The molecule has 6 nitrogen and oxygen atoms in total. The molecule has 0 aliphatic rings. The summed E-state index contributed by atoms with van der Waals surface area (Å²) in [5.41, 5.74) is -0.147. The van der Waals surface area contributed by atoms with Crippen LogP contribution in [-0.2, 0) is 6.42 Å². The van der Waals surface area contributed by atoms with Gasteiger partial charge in [0.25, 0.3) is 5.22 Å². The molecule has 0 spiro atoms. The summed E-state index contributed by atoms with van der Waals surface area (Å²) in [4.78, 5) is 24.1. The Labute approximate surface area is 129 Å². The number of ketones is 1. The lowest BCUT2D eigenvalue weighted by Gasteiger charge is -2.00. The maximum atomic E-state index is 12.2. The number of rotatable bonds is 5. The van der Waals surface area contributed by atoms with E-state index in [1.807, 2.05) is 13.0 Å². The summed E-state index contributed by atoms with van der Waals surface area (Å²) in [6, 6.07) is 8.60. The molecule has 0 saturated carbocycles. The number of nitrogens with zero attached hydrogens (tertiary/aromatic N) is 2. The first-order valence-electron chi connectivity index (χ1n) is 6.68. The molecule has 0 atom stereocenters. The molecule has 0 saturated heterocycles. The van der Waals surface area contributed by atoms with E-state index in [0.29, 0.717) is 28.5 Å². The lowest BCUT2D eigenvalue weighted by Crippen LogP contribution is -2.15. The van der Waals surface area contributed by atoms with Gasteiger partial charge in [0.1, 0.15) is 11.1 Å². The molecule has 0 N–H and O–H groups in total. The van der Waals surface area contributed by atoms with Gasteiger partial charge in [-0.25, -0.2) is 4.79 Å². The SMILES string of the molecule is CCc1nnc(SCC(=O)c2cc3ccccc3oc2=O)o1. The standard InChI is InChI=1S/C15H12N2O4S/c1-2-13-16-17-15(21-13)22-8-11(18)10-7-9-5-3-4-6-12(9)20-14(10)19/h3-7H,2,8H2,1H3. The summed E-state index contributed by atoms with van der Waals surface area (Å²) in [5.74, 6) is 0.218. The molecule has 0 aliphatic carbocycles. The molecule has 0 bridgehead atoms. The van der Waals surface area contributed by atoms with E-state index in [2.05, 4.69) is 10.2 Å². The minimum absolute atomic E-state index is 0.0291.